The Hall–Kier alpha value is -0.770. The lowest BCUT2D eigenvalue weighted by Gasteiger charge is -2.27. The average Bonchev–Trinajstić information content (AvgIpc) is 2.29. The van der Waals surface area contributed by atoms with Crippen LogP contribution in [-0.4, -0.2) is 5.38 Å². The third-order valence-corrected chi connectivity index (χ3v) is 3.93. The molecule has 1 saturated carbocycles. The molecule has 0 aliphatic heterocycles. The Balaban J connectivity index is 2.34. The van der Waals surface area contributed by atoms with E-state index in [1.165, 1.54) is 6.07 Å². The monoisotopic (exact) mass is 280 g/mol. The molecule has 1 fully saturated rings. The van der Waals surface area contributed by atoms with Crippen molar-refractivity contribution in [3.63, 3.8) is 0 Å². The minimum atomic E-state index is -4.66. The van der Waals surface area contributed by atoms with Gasteiger partial charge in [-0.25, -0.2) is 4.39 Å². The summed E-state index contributed by atoms with van der Waals surface area (Å²) >= 11 is 6.15. The molecule has 0 N–H and O–H groups in total. The zero-order valence-corrected chi connectivity index (χ0v) is 10.4. The topological polar surface area (TPSA) is 0 Å². The minimum absolute atomic E-state index is 0.109. The molecule has 0 aromatic heterocycles. The maximum atomic E-state index is 13.2. The van der Waals surface area contributed by atoms with Gasteiger partial charge < -0.3 is 0 Å². The van der Waals surface area contributed by atoms with Crippen LogP contribution in [0.25, 0.3) is 0 Å². The second-order valence-electron chi connectivity index (χ2n) is 4.64. The molecule has 0 saturated heterocycles. The van der Waals surface area contributed by atoms with Crippen molar-refractivity contribution in [3.05, 3.63) is 35.1 Å². The summed E-state index contributed by atoms with van der Waals surface area (Å²) < 4.78 is 51.0. The summed E-state index contributed by atoms with van der Waals surface area (Å²) in [5.74, 6) is -1.34. The van der Waals surface area contributed by atoms with Crippen LogP contribution in [0.4, 0.5) is 17.6 Å². The molecule has 0 nitrogen and oxygen atoms in total. The summed E-state index contributed by atoms with van der Waals surface area (Å²) in [6.45, 7) is 0. The average molecular weight is 281 g/mol. The van der Waals surface area contributed by atoms with E-state index >= 15 is 0 Å². The van der Waals surface area contributed by atoms with Gasteiger partial charge >= 0.3 is 6.18 Å². The van der Waals surface area contributed by atoms with Gasteiger partial charge in [0, 0.05) is 11.3 Å². The molecular formula is C13H13ClF4. The first-order chi connectivity index (χ1) is 8.39. The van der Waals surface area contributed by atoms with Crippen LogP contribution >= 0.6 is 11.6 Å². The van der Waals surface area contributed by atoms with Crippen LogP contribution in [0.3, 0.4) is 0 Å². The highest BCUT2D eigenvalue weighted by Crippen LogP contribution is 2.39. The molecule has 0 radical (unpaired) electrons. The van der Waals surface area contributed by atoms with Crippen LogP contribution in [0.1, 0.15) is 42.7 Å². The van der Waals surface area contributed by atoms with Crippen molar-refractivity contribution in [1.29, 1.82) is 0 Å². The summed E-state index contributed by atoms with van der Waals surface area (Å²) in [7, 11) is 0. The molecule has 2 rings (SSSR count). The van der Waals surface area contributed by atoms with Gasteiger partial charge in [-0.3, -0.25) is 0 Å². The Morgan fingerprint density at radius 1 is 1.11 bits per heavy atom. The Labute approximate surface area is 108 Å². The van der Waals surface area contributed by atoms with Crippen LogP contribution in [0.5, 0.6) is 0 Å². The lowest BCUT2D eigenvalue weighted by Crippen LogP contribution is -2.19. The predicted molar refractivity (Wildman–Crippen MR) is 62.3 cm³/mol. The quantitative estimate of drug-likeness (QED) is 0.495. The molecule has 5 heteroatoms. The summed E-state index contributed by atoms with van der Waals surface area (Å²) in [5.41, 5.74) is -0.710. The number of hydrogen-bond donors (Lipinski definition) is 0. The molecule has 18 heavy (non-hydrogen) atoms. The SMILES string of the molecule is Fc1ccc(C2CCCCC2Cl)cc1C(F)(F)F. The van der Waals surface area contributed by atoms with Crippen molar-refractivity contribution < 1.29 is 17.6 Å². The smallest absolute Gasteiger partial charge is 0.206 e. The van der Waals surface area contributed by atoms with Crippen molar-refractivity contribution in [3.8, 4) is 0 Å². The van der Waals surface area contributed by atoms with E-state index in [4.69, 9.17) is 11.6 Å². The zero-order valence-electron chi connectivity index (χ0n) is 9.61. The fourth-order valence-electron chi connectivity index (χ4n) is 2.45. The molecule has 100 valence electrons. The molecule has 1 aliphatic carbocycles. The highest BCUT2D eigenvalue weighted by molar-refractivity contribution is 6.21. The van der Waals surface area contributed by atoms with Crippen molar-refractivity contribution in [2.24, 2.45) is 0 Å². The first-order valence-electron chi connectivity index (χ1n) is 5.90. The largest absolute Gasteiger partial charge is 0.419 e. The maximum absolute atomic E-state index is 13.2. The van der Waals surface area contributed by atoms with E-state index in [0.29, 0.717) is 5.56 Å². The van der Waals surface area contributed by atoms with Gasteiger partial charge in [-0.15, -0.1) is 11.6 Å². The molecule has 2 unspecified atom stereocenters. The van der Waals surface area contributed by atoms with Gasteiger partial charge in [0.2, 0.25) is 0 Å². The highest BCUT2D eigenvalue weighted by Gasteiger charge is 2.35. The number of hydrogen-bond acceptors (Lipinski definition) is 0. The Morgan fingerprint density at radius 3 is 2.39 bits per heavy atom. The second kappa shape index (κ2) is 5.08. The second-order valence-corrected chi connectivity index (χ2v) is 5.20. The van der Waals surface area contributed by atoms with Gasteiger partial charge in [0.25, 0.3) is 0 Å². The fourth-order valence-corrected chi connectivity index (χ4v) is 2.88. The molecule has 2 atom stereocenters. The van der Waals surface area contributed by atoms with E-state index < -0.39 is 17.6 Å². The van der Waals surface area contributed by atoms with E-state index in [0.717, 1.165) is 37.8 Å². The van der Waals surface area contributed by atoms with Crippen molar-refractivity contribution in [1.82, 2.24) is 0 Å². The Kier molecular flexibility index (Phi) is 3.85. The van der Waals surface area contributed by atoms with Crippen LogP contribution in [0.15, 0.2) is 18.2 Å². The number of rotatable bonds is 1. The number of halogens is 5. The molecule has 0 amide bonds. The summed E-state index contributed by atoms with van der Waals surface area (Å²) in [6, 6.07) is 3.20. The number of benzene rings is 1. The number of alkyl halides is 4. The first kappa shape index (κ1) is 13.7. The van der Waals surface area contributed by atoms with Gasteiger partial charge in [-0.05, 0) is 30.5 Å². The van der Waals surface area contributed by atoms with Gasteiger partial charge in [-0.2, -0.15) is 13.2 Å². The predicted octanol–water partition coefficient (Wildman–Crippen LogP) is 5.11. The molecule has 1 aromatic carbocycles. The maximum Gasteiger partial charge on any atom is 0.419 e. The van der Waals surface area contributed by atoms with Gasteiger partial charge in [0.1, 0.15) is 5.82 Å². The fraction of sp³-hybridized carbons (Fsp3) is 0.538. The molecule has 0 heterocycles. The third kappa shape index (κ3) is 2.79. The molecular weight excluding hydrogens is 268 g/mol. The summed E-state index contributed by atoms with van der Waals surface area (Å²) in [4.78, 5) is 0. The Morgan fingerprint density at radius 2 is 1.78 bits per heavy atom. The van der Waals surface area contributed by atoms with Gasteiger partial charge in [0.05, 0.1) is 5.56 Å². The first-order valence-corrected chi connectivity index (χ1v) is 6.34. The van der Waals surface area contributed by atoms with Crippen molar-refractivity contribution >= 4 is 11.6 Å². The van der Waals surface area contributed by atoms with E-state index in [-0.39, 0.29) is 11.3 Å². The third-order valence-electron chi connectivity index (χ3n) is 3.41. The van der Waals surface area contributed by atoms with Gasteiger partial charge in [0.15, 0.2) is 0 Å². The van der Waals surface area contributed by atoms with E-state index in [2.05, 4.69) is 0 Å². The lowest BCUT2D eigenvalue weighted by molar-refractivity contribution is -0.140. The Bertz CT molecular complexity index is 427. The van der Waals surface area contributed by atoms with Crippen LogP contribution in [-0.2, 0) is 6.18 Å². The normalized spacial score (nSPS) is 25.2. The summed E-state index contributed by atoms with van der Waals surface area (Å²) in [5, 5.41) is -0.162. The molecule has 0 bridgehead atoms. The lowest BCUT2D eigenvalue weighted by atomic mass is 9.83. The van der Waals surface area contributed by atoms with Crippen molar-refractivity contribution in [2.75, 3.05) is 0 Å². The van der Waals surface area contributed by atoms with Crippen molar-refractivity contribution in [2.45, 2.75) is 43.2 Å². The minimum Gasteiger partial charge on any atom is -0.206 e. The van der Waals surface area contributed by atoms with E-state index in [9.17, 15) is 17.6 Å². The standard InChI is InChI=1S/C13H13ClF4/c14-11-4-2-1-3-9(11)8-5-6-12(15)10(7-8)13(16,17)18/h5-7,9,11H,1-4H2. The van der Waals surface area contributed by atoms with E-state index in [1.807, 2.05) is 0 Å². The highest BCUT2D eigenvalue weighted by atomic mass is 35.5. The molecule has 1 aliphatic rings. The van der Waals surface area contributed by atoms with Crippen LogP contribution in [0, 0.1) is 5.82 Å². The summed E-state index contributed by atoms with van der Waals surface area (Å²) in [6.07, 6.45) is -1.15. The van der Waals surface area contributed by atoms with Crippen LogP contribution < -0.4 is 0 Å². The van der Waals surface area contributed by atoms with Crippen LogP contribution in [0.2, 0.25) is 0 Å². The van der Waals surface area contributed by atoms with E-state index in [1.54, 1.807) is 0 Å². The molecule has 1 aromatic rings. The zero-order chi connectivity index (χ0) is 13.3. The molecule has 0 spiro atoms. The van der Waals surface area contributed by atoms with Gasteiger partial charge in [-0.1, -0.05) is 18.9 Å².